The Bertz CT molecular complexity index is 503. The summed E-state index contributed by atoms with van der Waals surface area (Å²) in [6.45, 7) is 3.36. The number of anilines is 1. The van der Waals surface area contributed by atoms with E-state index in [-0.39, 0.29) is 12.3 Å². The van der Waals surface area contributed by atoms with Crippen molar-refractivity contribution in [2.45, 2.75) is 25.8 Å². The third-order valence-electron chi connectivity index (χ3n) is 3.16. The average Bonchev–Trinajstić information content (AvgIpc) is 2.41. The van der Waals surface area contributed by atoms with Gasteiger partial charge in [0.25, 0.3) is 0 Å². The van der Waals surface area contributed by atoms with Crippen molar-refractivity contribution in [1.82, 2.24) is 10.2 Å². The second-order valence-corrected chi connectivity index (χ2v) is 5.62. The molecule has 0 bridgehead atoms. The highest BCUT2D eigenvalue weighted by molar-refractivity contribution is 5.94. The zero-order valence-electron chi connectivity index (χ0n) is 13.4. The zero-order chi connectivity index (χ0) is 16.5. The normalized spacial score (nSPS) is 12.2. The van der Waals surface area contributed by atoms with Crippen LogP contribution in [0.4, 0.5) is 5.69 Å². The minimum atomic E-state index is -1.01. The van der Waals surface area contributed by atoms with E-state index >= 15 is 0 Å². The topological polar surface area (TPSA) is 81.7 Å². The average molecular weight is 307 g/mol. The lowest BCUT2D eigenvalue weighted by Gasteiger charge is -2.15. The number of carbonyl (C=O) groups excluding carboxylic acids is 1. The molecule has 6 heteroatoms. The summed E-state index contributed by atoms with van der Waals surface area (Å²) in [6, 6.07) is 6.54. The highest BCUT2D eigenvalue weighted by Crippen LogP contribution is 2.10. The molecule has 0 unspecified atom stereocenters. The van der Waals surface area contributed by atoms with Crippen LogP contribution in [0.5, 0.6) is 0 Å². The van der Waals surface area contributed by atoms with Gasteiger partial charge in [-0.3, -0.25) is 9.59 Å². The number of hydrogen-bond acceptors (Lipinski definition) is 4. The van der Waals surface area contributed by atoms with Crippen LogP contribution >= 0.6 is 0 Å². The van der Waals surface area contributed by atoms with Crippen LogP contribution in [0, 0.1) is 6.92 Å². The van der Waals surface area contributed by atoms with Crippen LogP contribution in [-0.4, -0.2) is 55.1 Å². The fraction of sp³-hybridized carbons (Fsp3) is 0.500. The molecule has 1 aromatic carbocycles. The zero-order valence-corrected chi connectivity index (χ0v) is 13.4. The fourth-order valence-corrected chi connectivity index (χ4v) is 2.04. The van der Waals surface area contributed by atoms with Crippen LogP contribution in [0.15, 0.2) is 24.3 Å². The second-order valence-electron chi connectivity index (χ2n) is 5.62. The number of benzene rings is 1. The fourth-order valence-electron chi connectivity index (χ4n) is 2.04. The molecule has 3 N–H and O–H groups in total. The molecule has 1 rings (SSSR count). The Hall–Kier alpha value is -1.92. The van der Waals surface area contributed by atoms with Gasteiger partial charge in [-0.25, -0.2) is 0 Å². The van der Waals surface area contributed by atoms with Crippen LogP contribution in [-0.2, 0) is 9.59 Å². The van der Waals surface area contributed by atoms with E-state index in [1.165, 1.54) is 0 Å². The predicted molar refractivity (Wildman–Crippen MR) is 87.0 cm³/mol. The highest BCUT2D eigenvalue weighted by Gasteiger charge is 2.20. The van der Waals surface area contributed by atoms with Crippen LogP contribution in [0.3, 0.4) is 0 Å². The first kappa shape index (κ1) is 18.1. The van der Waals surface area contributed by atoms with Crippen molar-refractivity contribution in [3.63, 3.8) is 0 Å². The number of nitrogens with zero attached hydrogens (tertiary/aromatic N) is 1. The van der Waals surface area contributed by atoms with Crippen LogP contribution in [0.25, 0.3) is 0 Å². The maximum absolute atomic E-state index is 12.0. The van der Waals surface area contributed by atoms with Crippen LogP contribution in [0.1, 0.15) is 18.4 Å². The summed E-state index contributed by atoms with van der Waals surface area (Å²) in [5.74, 6) is -1.32. The van der Waals surface area contributed by atoms with Gasteiger partial charge in [0.2, 0.25) is 5.91 Å². The molecular formula is C16H25N3O3. The number of aliphatic carboxylic acids is 1. The van der Waals surface area contributed by atoms with Gasteiger partial charge in [0.1, 0.15) is 6.04 Å². The summed E-state index contributed by atoms with van der Waals surface area (Å²) in [5, 5.41) is 14.8. The van der Waals surface area contributed by atoms with E-state index in [4.69, 9.17) is 0 Å². The SMILES string of the molecule is Cc1cccc(NC(=O)C[C@H](NCCCN(C)C)C(=O)O)c1. The molecular weight excluding hydrogens is 282 g/mol. The van der Waals surface area contributed by atoms with E-state index < -0.39 is 12.0 Å². The van der Waals surface area contributed by atoms with E-state index in [0.29, 0.717) is 12.2 Å². The minimum absolute atomic E-state index is 0.0920. The quantitative estimate of drug-likeness (QED) is 0.599. The lowest BCUT2D eigenvalue weighted by atomic mass is 10.1. The third kappa shape index (κ3) is 7.19. The highest BCUT2D eigenvalue weighted by atomic mass is 16.4. The molecule has 0 aromatic heterocycles. The Morgan fingerprint density at radius 1 is 1.32 bits per heavy atom. The van der Waals surface area contributed by atoms with Gasteiger partial charge in [-0.15, -0.1) is 0 Å². The van der Waals surface area contributed by atoms with E-state index in [1.54, 1.807) is 6.07 Å². The molecule has 122 valence electrons. The predicted octanol–water partition coefficient (Wildman–Crippen LogP) is 1.32. The van der Waals surface area contributed by atoms with Gasteiger partial charge in [0, 0.05) is 5.69 Å². The smallest absolute Gasteiger partial charge is 0.321 e. The standard InChI is InChI=1S/C16H25N3O3/c1-12-6-4-7-13(10-12)18-15(20)11-14(16(21)22)17-8-5-9-19(2)3/h4,6-7,10,14,17H,5,8-9,11H2,1-3H3,(H,18,20)(H,21,22)/t14-/m0/s1. The number of amides is 1. The number of carboxylic acids is 1. The molecule has 6 nitrogen and oxygen atoms in total. The molecule has 0 saturated carbocycles. The lowest BCUT2D eigenvalue weighted by molar-refractivity contribution is -0.141. The van der Waals surface area contributed by atoms with Crippen molar-refractivity contribution >= 4 is 17.6 Å². The minimum Gasteiger partial charge on any atom is -0.480 e. The van der Waals surface area contributed by atoms with Gasteiger partial charge in [-0.2, -0.15) is 0 Å². The number of hydrogen-bond donors (Lipinski definition) is 3. The molecule has 1 aromatic rings. The molecule has 0 heterocycles. The largest absolute Gasteiger partial charge is 0.480 e. The molecule has 0 aliphatic carbocycles. The third-order valence-corrected chi connectivity index (χ3v) is 3.16. The Morgan fingerprint density at radius 3 is 2.64 bits per heavy atom. The number of rotatable bonds is 9. The molecule has 0 saturated heterocycles. The summed E-state index contributed by atoms with van der Waals surface area (Å²) in [5.41, 5.74) is 1.72. The molecule has 0 aliphatic rings. The molecule has 0 fully saturated rings. The number of nitrogens with one attached hydrogen (secondary N) is 2. The van der Waals surface area contributed by atoms with Crippen LogP contribution < -0.4 is 10.6 Å². The molecule has 0 aliphatic heterocycles. The number of carbonyl (C=O) groups is 2. The molecule has 1 amide bonds. The Labute approximate surface area is 131 Å². The van der Waals surface area contributed by atoms with Crippen molar-refractivity contribution in [2.24, 2.45) is 0 Å². The van der Waals surface area contributed by atoms with Crippen molar-refractivity contribution in [3.8, 4) is 0 Å². The summed E-state index contributed by atoms with van der Waals surface area (Å²) < 4.78 is 0. The maximum atomic E-state index is 12.0. The first-order valence-corrected chi connectivity index (χ1v) is 7.36. The van der Waals surface area contributed by atoms with Crippen molar-refractivity contribution in [2.75, 3.05) is 32.5 Å². The number of carboxylic acid groups (broad SMARTS) is 1. The van der Waals surface area contributed by atoms with E-state index in [2.05, 4.69) is 10.6 Å². The van der Waals surface area contributed by atoms with Gasteiger partial charge in [-0.05, 0) is 58.2 Å². The first-order valence-electron chi connectivity index (χ1n) is 7.36. The van der Waals surface area contributed by atoms with Crippen molar-refractivity contribution < 1.29 is 14.7 Å². The Kier molecular flexibility index (Phi) is 7.56. The lowest BCUT2D eigenvalue weighted by Crippen LogP contribution is -2.40. The van der Waals surface area contributed by atoms with Crippen molar-refractivity contribution in [3.05, 3.63) is 29.8 Å². The molecule has 0 radical (unpaired) electrons. The molecule has 22 heavy (non-hydrogen) atoms. The maximum Gasteiger partial charge on any atom is 0.321 e. The van der Waals surface area contributed by atoms with Gasteiger partial charge < -0.3 is 20.6 Å². The monoisotopic (exact) mass is 307 g/mol. The van der Waals surface area contributed by atoms with Gasteiger partial charge in [0.05, 0.1) is 6.42 Å². The molecule has 0 spiro atoms. The first-order chi connectivity index (χ1) is 10.4. The van der Waals surface area contributed by atoms with Crippen LogP contribution in [0.2, 0.25) is 0 Å². The molecule has 1 atom stereocenters. The van der Waals surface area contributed by atoms with Gasteiger partial charge in [-0.1, -0.05) is 12.1 Å². The van der Waals surface area contributed by atoms with Gasteiger partial charge in [0.15, 0.2) is 0 Å². The Balaban J connectivity index is 2.45. The Morgan fingerprint density at radius 2 is 2.05 bits per heavy atom. The van der Waals surface area contributed by atoms with E-state index in [9.17, 15) is 14.7 Å². The second kappa shape index (κ2) is 9.17. The van der Waals surface area contributed by atoms with E-state index in [0.717, 1.165) is 18.5 Å². The summed E-state index contributed by atoms with van der Waals surface area (Å²) in [7, 11) is 3.92. The van der Waals surface area contributed by atoms with Crippen molar-refractivity contribution in [1.29, 1.82) is 0 Å². The number of aryl methyl sites for hydroxylation is 1. The van der Waals surface area contributed by atoms with Gasteiger partial charge >= 0.3 is 5.97 Å². The summed E-state index contributed by atoms with van der Waals surface area (Å²) >= 11 is 0. The van der Waals surface area contributed by atoms with E-state index in [1.807, 2.05) is 44.1 Å². The summed E-state index contributed by atoms with van der Waals surface area (Å²) in [6.07, 6.45) is 0.738. The summed E-state index contributed by atoms with van der Waals surface area (Å²) in [4.78, 5) is 25.2.